The average molecular weight is 370 g/mol. The standard InChI is InChI=1S/C13H18BrClN2O.ClH/c1-3-8(2)12(16)13(18)17-7-9-4-5-10(14)6-11(9)15;/h4-6,8,12H,3,7,16H2,1-2H3,(H,17,18);1H. The number of halogens is 3. The number of carbonyl (C=O) groups excluding carboxylic acids is 1. The van der Waals surface area contributed by atoms with E-state index in [-0.39, 0.29) is 24.2 Å². The van der Waals surface area contributed by atoms with Crippen LogP contribution >= 0.6 is 39.9 Å². The van der Waals surface area contributed by atoms with Crippen LogP contribution in [-0.2, 0) is 11.3 Å². The molecule has 0 aliphatic heterocycles. The molecule has 19 heavy (non-hydrogen) atoms. The minimum absolute atomic E-state index is 0. The topological polar surface area (TPSA) is 55.1 Å². The highest BCUT2D eigenvalue weighted by molar-refractivity contribution is 9.10. The van der Waals surface area contributed by atoms with E-state index in [1.165, 1.54) is 0 Å². The molecule has 108 valence electrons. The number of rotatable bonds is 5. The zero-order valence-electron chi connectivity index (χ0n) is 11.0. The number of hydrogen-bond acceptors (Lipinski definition) is 2. The molecule has 1 aromatic carbocycles. The van der Waals surface area contributed by atoms with Gasteiger partial charge in [0.25, 0.3) is 0 Å². The van der Waals surface area contributed by atoms with Crippen LogP contribution < -0.4 is 11.1 Å². The Hall–Kier alpha value is -0.290. The van der Waals surface area contributed by atoms with Crippen molar-refractivity contribution in [2.75, 3.05) is 0 Å². The lowest BCUT2D eigenvalue weighted by atomic mass is 9.99. The van der Waals surface area contributed by atoms with Crippen molar-refractivity contribution >= 4 is 45.8 Å². The van der Waals surface area contributed by atoms with Crippen LogP contribution in [0.4, 0.5) is 0 Å². The fourth-order valence-corrected chi connectivity index (χ4v) is 2.22. The van der Waals surface area contributed by atoms with Gasteiger partial charge in [-0.05, 0) is 23.6 Å². The highest BCUT2D eigenvalue weighted by Gasteiger charge is 2.19. The van der Waals surface area contributed by atoms with E-state index < -0.39 is 6.04 Å². The van der Waals surface area contributed by atoms with Gasteiger partial charge in [-0.25, -0.2) is 0 Å². The monoisotopic (exact) mass is 368 g/mol. The summed E-state index contributed by atoms with van der Waals surface area (Å²) in [7, 11) is 0. The summed E-state index contributed by atoms with van der Waals surface area (Å²) in [6, 6.07) is 5.10. The third-order valence-electron chi connectivity index (χ3n) is 3.03. The van der Waals surface area contributed by atoms with Gasteiger partial charge in [0.1, 0.15) is 0 Å². The van der Waals surface area contributed by atoms with E-state index in [0.717, 1.165) is 16.5 Å². The molecule has 0 heterocycles. The molecule has 0 aliphatic carbocycles. The maximum absolute atomic E-state index is 11.8. The molecule has 0 spiro atoms. The van der Waals surface area contributed by atoms with Gasteiger partial charge in [-0.3, -0.25) is 4.79 Å². The van der Waals surface area contributed by atoms with Gasteiger partial charge in [-0.2, -0.15) is 0 Å². The third kappa shape index (κ3) is 5.69. The van der Waals surface area contributed by atoms with E-state index in [1.807, 2.05) is 26.0 Å². The summed E-state index contributed by atoms with van der Waals surface area (Å²) < 4.78 is 0.916. The highest BCUT2D eigenvalue weighted by atomic mass is 79.9. The van der Waals surface area contributed by atoms with Gasteiger partial charge in [0, 0.05) is 16.0 Å². The van der Waals surface area contributed by atoms with Crippen LogP contribution in [0.15, 0.2) is 22.7 Å². The molecule has 2 unspecified atom stereocenters. The molecule has 0 saturated carbocycles. The number of hydrogen-bond donors (Lipinski definition) is 2. The summed E-state index contributed by atoms with van der Waals surface area (Å²) in [5.41, 5.74) is 6.72. The molecule has 0 bridgehead atoms. The van der Waals surface area contributed by atoms with Crippen molar-refractivity contribution in [2.45, 2.75) is 32.9 Å². The molecular formula is C13H19BrCl2N2O. The van der Waals surface area contributed by atoms with E-state index in [9.17, 15) is 4.79 Å². The number of amides is 1. The first-order valence-corrected chi connectivity index (χ1v) is 7.10. The fraction of sp³-hybridized carbons (Fsp3) is 0.462. The third-order valence-corrected chi connectivity index (χ3v) is 3.87. The van der Waals surface area contributed by atoms with E-state index >= 15 is 0 Å². The van der Waals surface area contributed by atoms with Crippen LogP contribution in [0, 0.1) is 5.92 Å². The van der Waals surface area contributed by atoms with Crippen LogP contribution in [-0.4, -0.2) is 11.9 Å². The van der Waals surface area contributed by atoms with Crippen molar-refractivity contribution in [1.82, 2.24) is 5.32 Å². The lowest BCUT2D eigenvalue weighted by molar-refractivity contribution is -0.123. The van der Waals surface area contributed by atoms with Gasteiger partial charge in [0.15, 0.2) is 0 Å². The second-order valence-electron chi connectivity index (χ2n) is 4.36. The molecule has 0 saturated heterocycles. The van der Waals surface area contributed by atoms with Crippen molar-refractivity contribution < 1.29 is 4.79 Å². The second kappa shape index (κ2) is 8.80. The normalized spacial score (nSPS) is 13.3. The summed E-state index contributed by atoms with van der Waals surface area (Å²) in [5, 5.41) is 3.44. The van der Waals surface area contributed by atoms with Gasteiger partial charge >= 0.3 is 0 Å². The zero-order chi connectivity index (χ0) is 13.7. The Morgan fingerprint density at radius 2 is 2.16 bits per heavy atom. The van der Waals surface area contributed by atoms with Crippen molar-refractivity contribution in [3.63, 3.8) is 0 Å². The van der Waals surface area contributed by atoms with Gasteiger partial charge in [0.05, 0.1) is 6.04 Å². The molecule has 3 N–H and O–H groups in total. The lowest BCUT2D eigenvalue weighted by Crippen LogP contribution is -2.44. The molecule has 0 aromatic heterocycles. The molecule has 6 heteroatoms. The maximum atomic E-state index is 11.8. The largest absolute Gasteiger partial charge is 0.351 e. The molecule has 0 aliphatic rings. The molecular weight excluding hydrogens is 351 g/mol. The second-order valence-corrected chi connectivity index (χ2v) is 5.69. The maximum Gasteiger partial charge on any atom is 0.237 e. The smallest absolute Gasteiger partial charge is 0.237 e. The SMILES string of the molecule is CCC(C)C(N)C(=O)NCc1ccc(Br)cc1Cl.Cl. The molecule has 1 amide bonds. The Bertz CT molecular complexity index is 429. The Morgan fingerprint density at radius 1 is 1.53 bits per heavy atom. The van der Waals surface area contributed by atoms with Gasteiger partial charge < -0.3 is 11.1 Å². The molecule has 3 nitrogen and oxygen atoms in total. The molecule has 1 aromatic rings. The van der Waals surface area contributed by atoms with E-state index in [2.05, 4.69) is 21.2 Å². The van der Waals surface area contributed by atoms with Crippen LogP contribution in [0.2, 0.25) is 5.02 Å². The van der Waals surface area contributed by atoms with E-state index in [0.29, 0.717) is 11.6 Å². The van der Waals surface area contributed by atoms with Crippen LogP contribution in [0.25, 0.3) is 0 Å². The van der Waals surface area contributed by atoms with Crippen molar-refractivity contribution in [1.29, 1.82) is 0 Å². The molecule has 1 rings (SSSR count). The summed E-state index contributed by atoms with van der Waals surface area (Å²) in [4.78, 5) is 11.8. The molecule has 0 fully saturated rings. The van der Waals surface area contributed by atoms with Crippen molar-refractivity contribution in [3.8, 4) is 0 Å². The highest BCUT2D eigenvalue weighted by Crippen LogP contribution is 2.21. The average Bonchev–Trinajstić information content (AvgIpc) is 2.35. The minimum atomic E-state index is -0.468. The van der Waals surface area contributed by atoms with E-state index in [1.54, 1.807) is 6.07 Å². The van der Waals surface area contributed by atoms with Crippen LogP contribution in [0.3, 0.4) is 0 Å². The van der Waals surface area contributed by atoms with Crippen LogP contribution in [0.5, 0.6) is 0 Å². The number of nitrogens with two attached hydrogens (primary N) is 1. The minimum Gasteiger partial charge on any atom is -0.351 e. The van der Waals surface area contributed by atoms with Crippen molar-refractivity contribution in [2.24, 2.45) is 11.7 Å². The summed E-state index contributed by atoms with van der Waals surface area (Å²) >= 11 is 9.41. The Labute approximate surface area is 133 Å². The first-order chi connectivity index (χ1) is 8.45. The van der Waals surface area contributed by atoms with Gasteiger partial charge in [0.2, 0.25) is 5.91 Å². The lowest BCUT2D eigenvalue weighted by Gasteiger charge is -2.18. The predicted octanol–water partition coefficient (Wildman–Crippen LogP) is 3.51. The quantitative estimate of drug-likeness (QED) is 0.834. The Balaban J connectivity index is 0.00000324. The zero-order valence-corrected chi connectivity index (χ0v) is 14.1. The first-order valence-electron chi connectivity index (χ1n) is 5.93. The fourth-order valence-electron chi connectivity index (χ4n) is 1.48. The van der Waals surface area contributed by atoms with Gasteiger partial charge in [-0.1, -0.05) is 53.9 Å². The molecule has 2 atom stereocenters. The Kier molecular flexibility index (Phi) is 8.66. The van der Waals surface area contributed by atoms with Crippen molar-refractivity contribution in [3.05, 3.63) is 33.3 Å². The van der Waals surface area contributed by atoms with Crippen LogP contribution in [0.1, 0.15) is 25.8 Å². The summed E-state index contributed by atoms with van der Waals surface area (Å²) in [5.74, 6) is 0.0359. The summed E-state index contributed by atoms with van der Waals surface area (Å²) in [6.07, 6.45) is 0.883. The first kappa shape index (κ1) is 18.7. The number of carbonyl (C=O) groups is 1. The van der Waals surface area contributed by atoms with Gasteiger partial charge in [-0.15, -0.1) is 12.4 Å². The number of benzene rings is 1. The molecule has 0 radical (unpaired) electrons. The Morgan fingerprint density at radius 3 is 2.68 bits per heavy atom. The number of nitrogens with one attached hydrogen (secondary N) is 1. The van der Waals surface area contributed by atoms with E-state index in [4.69, 9.17) is 17.3 Å². The predicted molar refractivity (Wildman–Crippen MR) is 85.7 cm³/mol. The summed E-state index contributed by atoms with van der Waals surface area (Å²) in [6.45, 7) is 4.38.